The van der Waals surface area contributed by atoms with Gasteiger partial charge in [0.2, 0.25) is 0 Å². The first kappa shape index (κ1) is 19.7. The van der Waals surface area contributed by atoms with Crippen LogP contribution in [0.25, 0.3) is 11.0 Å². The van der Waals surface area contributed by atoms with E-state index in [1.165, 1.54) is 16.7 Å². The van der Waals surface area contributed by atoms with Gasteiger partial charge in [0.05, 0.1) is 17.6 Å². The Bertz CT molecular complexity index is 1170. The van der Waals surface area contributed by atoms with Gasteiger partial charge in [0.25, 0.3) is 5.91 Å². The predicted molar refractivity (Wildman–Crippen MR) is 119 cm³/mol. The Hall–Kier alpha value is -3.60. The van der Waals surface area contributed by atoms with Crippen LogP contribution >= 0.6 is 0 Å². The highest BCUT2D eigenvalue weighted by Crippen LogP contribution is 2.20. The van der Waals surface area contributed by atoms with Gasteiger partial charge in [-0.3, -0.25) is 4.79 Å². The number of para-hydroxylation sites is 3. The van der Waals surface area contributed by atoms with Crippen LogP contribution < -0.4 is 10.1 Å². The number of amides is 1. The van der Waals surface area contributed by atoms with Gasteiger partial charge in [0, 0.05) is 6.54 Å². The van der Waals surface area contributed by atoms with Gasteiger partial charge in [0.1, 0.15) is 11.6 Å². The molecule has 0 atom stereocenters. The Kier molecular flexibility index (Phi) is 5.80. The fraction of sp³-hybridized carbons (Fsp3) is 0.200. The molecule has 0 spiro atoms. The number of ether oxygens (including phenoxy) is 1. The molecular weight excluding hydrogens is 374 g/mol. The average molecular weight is 399 g/mol. The molecule has 1 amide bonds. The van der Waals surface area contributed by atoms with E-state index >= 15 is 0 Å². The van der Waals surface area contributed by atoms with E-state index in [0.29, 0.717) is 18.8 Å². The molecule has 0 aliphatic heterocycles. The van der Waals surface area contributed by atoms with Crippen molar-refractivity contribution in [2.45, 2.75) is 26.9 Å². The van der Waals surface area contributed by atoms with Gasteiger partial charge in [0.15, 0.2) is 6.61 Å². The van der Waals surface area contributed by atoms with Crippen molar-refractivity contribution in [2.75, 3.05) is 6.61 Å². The Balaban J connectivity index is 1.51. The molecule has 0 bridgehead atoms. The van der Waals surface area contributed by atoms with Crippen LogP contribution in [-0.2, 0) is 17.9 Å². The summed E-state index contributed by atoms with van der Waals surface area (Å²) in [5.41, 5.74) is 5.70. The van der Waals surface area contributed by atoms with Crippen LogP contribution in [0, 0.1) is 13.8 Å². The van der Waals surface area contributed by atoms with Gasteiger partial charge >= 0.3 is 0 Å². The number of benzene rings is 3. The van der Waals surface area contributed by atoms with E-state index in [1.54, 1.807) is 0 Å². The molecule has 4 rings (SSSR count). The number of aryl methyl sites for hydroxylation is 2. The summed E-state index contributed by atoms with van der Waals surface area (Å²) in [6.45, 7) is 5.25. The van der Waals surface area contributed by atoms with Gasteiger partial charge in [-0.1, -0.05) is 54.1 Å². The highest BCUT2D eigenvalue weighted by molar-refractivity contribution is 5.78. The molecule has 0 radical (unpaired) electrons. The van der Waals surface area contributed by atoms with Gasteiger partial charge in [-0.25, -0.2) is 4.98 Å². The van der Waals surface area contributed by atoms with Gasteiger partial charge in [-0.05, 0) is 49.2 Å². The van der Waals surface area contributed by atoms with Gasteiger partial charge < -0.3 is 14.6 Å². The second-order valence-corrected chi connectivity index (χ2v) is 7.41. The number of hydrogen-bond donors (Lipinski definition) is 1. The zero-order valence-electron chi connectivity index (χ0n) is 17.3. The van der Waals surface area contributed by atoms with Gasteiger partial charge in [-0.15, -0.1) is 0 Å². The van der Waals surface area contributed by atoms with Crippen LogP contribution in [-0.4, -0.2) is 22.1 Å². The molecule has 0 fully saturated rings. The first-order valence-electron chi connectivity index (χ1n) is 10.0. The SMILES string of the molecule is Cc1ccc(C)c(Cn2c(CNC(=O)COc3ccccc3)nc3ccccc32)c1. The van der Waals surface area contributed by atoms with Crippen molar-refractivity contribution in [2.24, 2.45) is 0 Å². The van der Waals surface area contributed by atoms with E-state index < -0.39 is 0 Å². The fourth-order valence-electron chi connectivity index (χ4n) is 3.47. The Morgan fingerprint density at radius 2 is 1.77 bits per heavy atom. The fourth-order valence-corrected chi connectivity index (χ4v) is 3.47. The van der Waals surface area contributed by atoms with Crippen LogP contribution in [0.3, 0.4) is 0 Å². The molecule has 1 heterocycles. The zero-order valence-corrected chi connectivity index (χ0v) is 17.3. The van der Waals surface area contributed by atoms with Gasteiger partial charge in [-0.2, -0.15) is 0 Å². The van der Waals surface area contributed by atoms with Crippen molar-refractivity contribution in [3.8, 4) is 5.75 Å². The zero-order chi connectivity index (χ0) is 20.9. The van der Waals surface area contributed by atoms with Crippen molar-refractivity contribution in [1.29, 1.82) is 0 Å². The summed E-state index contributed by atoms with van der Waals surface area (Å²) >= 11 is 0. The van der Waals surface area contributed by atoms with E-state index in [2.05, 4.69) is 48.0 Å². The molecule has 5 nitrogen and oxygen atoms in total. The summed E-state index contributed by atoms with van der Waals surface area (Å²) < 4.78 is 7.71. The topological polar surface area (TPSA) is 56.2 Å². The predicted octanol–water partition coefficient (Wildman–Crippen LogP) is 4.40. The lowest BCUT2D eigenvalue weighted by molar-refractivity contribution is -0.123. The van der Waals surface area contributed by atoms with E-state index in [1.807, 2.05) is 48.5 Å². The minimum Gasteiger partial charge on any atom is -0.484 e. The molecule has 0 saturated heterocycles. The largest absolute Gasteiger partial charge is 0.484 e. The van der Waals surface area contributed by atoms with Crippen LogP contribution in [0.5, 0.6) is 5.75 Å². The quantitative estimate of drug-likeness (QED) is 0.501. The maximum Gasteiger partial charge on any atom is 0.258 e. The Labute approximate surface area is 176 Å². The minimum atomic E-state index is -0.177. The maximum atomic E-state index is 12.3. The number of imidazole rings is 1. The molecule has 30 heavy (non-hydrogen) atoms. The number of hydrogen-bond acceptors (Lipinski definition) is 3. The second kappa shape index (κ2) is 8.82. The number of rotatable bonds is 7. The lowest BCUT2D eigenvalue weighted by atomic mass is 10.1. The van der Waals surface area contributed by atoms with Crippen molar-refractivity contribution >= 4 is 16.9 Å². The van der Waals surface area contributed by atoms with Crippen molar-refractivity contribution in [3.05, 3.63) is 95.3 Å². The van der Waals surface area contributed by atoms with Crippen LogP contribution in [0.2, 0.25) is 0 Å². The number of nitrogens with one attached hydrogen (secondary N) is 1. The standard InChI is InChI=1S/C25H25N3O2/c1-18-12-13-19(2)20(14-18)16-28-23-11-7-6-10-22(23)27-24(28)15-26-25(29)17-30-21-8-4-3-5-9-21/h3-14H,15-17H2,1-2H3,(H,26,29). The van der Waals surface area contributed by atoms with E-state index in [0.717, 1.165) is 16.9 Å². The molecule has 3 aromatic carbocycles. The summed E-state index contributed by atoms with van der Waals surface area (Å²) in [6.07, 6.45) is 0. The van der Waals surface area contributed by atoms with E-state index in [9.17, 15) is 4.79 Å². The van der Waals surface area contributed by atoms with Crippen molar-refractivity contribution in [1.82, 2.24) is 14.9 Å². The first-order chi connectivity index (χ1) is 14.6. The summed E-state index contributed by atoms with van der Waals surface area (Å²) in [4.78, 5) is 17.1. The summed E-state index contributed by atoms with van der Waals surface area (Å²) in [7, 11) is 0. The third kappa shape index (κ3) is 4.51. The molecule has 4 aromatic rings. The summed E-state index contributed by atoms with van der Waals surface area (Å²) in [5.74, 6) is 1.32. The number of carbonyl (C=O) groups is 1. The van der Waals surface area contributed by atoms with Crippen molar-refractivity contribution < 1.29 is 9.53 Å². The van der Waals surface area contributed by atoms with Crippen molar-refractivity contribution in [3.63, 3.8) is 0 Å². The van der Waals surface area contributed by atoms with Crippen LogP contribution in [0.1, 0.15) is 22.5 Å². The molecule has 5 heteroatoms. The molecule has 0 aliphatic carbocycles. The Morgan fingerprint density at radius 1 is 1.00 bits per heavy atom. The monoisotopic (exact) mass is 399 g/mol. The smallest absolute Gasteiger partial charge is 0.258 e. The van der Waals surface area contributed by atoms with E-state index in [4.69, 9.17) is 9.72 Å². The molecule has 1 N–H and O–H groups in total. The normalized spacial score (nSPS) is 10.9. The highest BCUT2D eigenvalue weighted by atomic mass is 16.5. The minimum absolute atomic E-state index is 0.0266. The molecule has 0 unspecified atom stereocenters. The molecular formula is C25H25N3O2. The maximum absolute atomic E-state index is 12.3. The summed E-state index contributed by atoms with van der Waals surface area (Å²) in [5, 5.41) is 2.94. The highest BCUT2D eigenvalue weighted by Gasteiger charge is 2.13. The molecule has 0 aliphatic rings. The first-order valence-corrected chi connectivity index (χ1v) is 10.0. The second-order valence-electron chi connectivity index (χ2n) is 7.41. The number of aromatic nitrogens is 2. The average Bonchev–Trinajstić information content (AvgIpc) is 3.11. The molecule has 152 valence electrons. The lowest BCUT2D eigenvalue weighted by Gasteiger charge is -2.13. The summed E-state index contributed by atoms with van der Waals surface area (Å²) in [6, 6.07) is 23.9. The number of nitrogens with zero attached hydrogens (tertiary/aromatic N) is 2. The number of fused-ring (bicyclic) bond motifs is 1. The van der Waals surface area contributed by atoms with Crippen LogP contribution in [0.4, 0.5) is 0 Å². The van der Waals surface area contributed by atoms with E-state index in [-0.39, 0.29) is 12.5 Å². The number of carbonyl (C=O) groups excluding carboxylic acids is 1. The molecule has 0 saturated carbocycles. The Morgan fingerprint density at radius 3 is 2.60 bits per heavy atom. The van der Waals surface area contributed by atoms with Crippen LogP contribution in [0.15, 0.2) is 72.8 Å². The lowest BCUT2D eigenvalue weighted by Crippen LogP contribution is -2.29. The third-order valence-electron chi connectivity index (χ3n) is 5.12. The third-order valence-corrected chi connectivity index (χ3v) is 5.12. The molecule has 1 aromatic heterocycles.